The third-order valence-electron chi connectivity index (χ3n) is 3.61. The fourth-order valence-corrected chi connectivity index (χ4v) is 3.23. The van der Waals surface area contributed by atoms with Crippen molar-refractivity contribution in [1.29, 1.82) is 0 Å². The number of thiocarbonyl (C=S) groups is 1. The highest BCUT2D eigenvalue weighted by Gasteiger charge is 2.11. The van der Waals surface area contributed by atoms with Crippen LogP contribution in [0.4, 0.5) is 5.69 Å². The fraction of sp³-hybridized carbons (Fsp3) is 0.158. The maximum atomic E-state index is 12.0. The molecule has 8 nitrogen and oxygen atoms in total. The molecule has 0 aromatic heterocycles. The van der Waals surface area contributed by atoms with E-state index < -0.39 is 17.7 Å². The highest BCUT2D eigenvalue weighted by atomic mass is 35.5. The monoisotopic (exact) mass is 536 g/mol. The SMILES string of the molecule is O=C(CCC(=O)Nc1ccc(Cl)cc1Cl)NNC(=S)NC(=O)COc1ccc(Cl)cc1Cl. The Bertz CT molecular complexity index is 1040. The zero-order valence-electron chi connectivity index (χ0n) is 16.1. The van der Waals surface area contributed by atoms with E-state index in [-0.39, 0.29) is 40.4 Å². The Labute approximate surface area is 208 Å². The van der Waals surface area contributed by atoms with Crippen LogP contribution >= 0.6 is 58.6 Å². The summed E-state index contributed by atoms with van der Waals surface area (Å²) in [5.41, 5.74) is 5.00. The molecule has 4 N–H and O–H groups in total. The number of ether oxygens (including phenoxy) is 1. The number of hydrogen-bond acceptors (Lipinski definition) is 5. The van der Waals surface area contributed by atoms with Crippen molar-refractivity contribution in [3.8, 4) is 5.75 Å². The molecule has 0 heterocycles. The van der Waals surface area contributed by atoms with Crippen LogP contribution in [-0.4, -0.2) is 29.4 Å². The molecule has 0 saturated heterocycles. The van der Waals surface area contributed by atoms with Crippen LogP contribution in [0.15, 0.2) is 36.4 Å². The average Bonchev–Trinajstić information content (AvgIpc) is 2.72. The Hall–Kier alpha value is -2.30. The van der Waals surface area contributed by atoms with Crippen molar-refractivity contribution in [2.45, 2.75) is 12.8 Å². The summed E-state index contributed by atoms with van der Waals surface area (Å²) < 4.78 is 5.27. The van der Waals surface area contributed by atoms with Crippen LogP contribution in [-0.2, 0) is 14.4 Å². The summed E-state index contributed by atoms with van der Waals surface area (Å²) in [5.74, 6) is -1.25. The summed E-state index contributed by atoms with van der Waals surface area (Å²) in [6.07, 6.45) is -0.250. The number of hydrogen-bond donors (Lipinski definition) is 4. The fourth-order valence-electron chi connectivity index (χ4n) is 2.15. The van der Waals surface area contributed by atoms with Crippen molar-refractivity contribution in [2.75, 3.05) is 11.9 Å². The van der Waals surface area contributed by atoms with Gasteiger partial charge in [-0.05, 0) is 48.6 Å². The first kappa shape index (κ1) is 26.0. The van der Waals surface area contributed by atoms with Gasteiger partial charge in [0.05, 0.1) is 15.7 Å². The van der Waals surface area contributed by atoms with Crippen molar-refractivity contribution in [3.63, 3.8) is 0 Å². The highest BCUT2D eigenvalue weighted by molar-refractivity contribution is 7.80. The summed E-state index contributed by atoms with van der Waals surface area (Å²) in [4.78, 5) is 35.7. The zero-order valence-corrected chi connectivity index (χ0v) is 20.0. The van der Waals surface area contributed by atoms with Crippen LogP contribution in [0.5, 0.6) is 5.75 Å². The summed E-state index contributed by atoms with van der Waals surface area (Å²) in [6, 6.07) is 9.17. The molecule has 0 aliphatic rings. The smallest absolute Gasteiger partial charge is 0.264 e. The Morgan fingerprint density at radius 3 is 2.09 bits per heavy atom. The van der Waals surface area contributed by atoms with E-state index in [0.717, 1.165) is 0 Å². The topological polar surface area (TPSA) is 109 Å². The molecule has 2 aromatic carbocycles. The van der Waals surface area contributed by atoms with E-state index in [2.05, 4.69) is 21.5 Å². The molecule has 0 spiro atoms. The van der Waals surface area contributed by atoms with Crippen molar-refractivity contribution in [3.05, 3.63) is 56.5 Å². The van der Waals surface area contributed by atoms with Gasteiger partial charge in [-0.1, -0.05) is 46.4 Å². The van der Waals surface area contributed by atoms with Gasteiger partial charge < -0.3 is 10.1 Å². The lowest BCUT2D eigenvalue weighted by Crippen LogP contribution is -2.49. The van der Waals surface area contributed by atoms with Gasteiger partial charge in [0.2, 0.25) is 11.8 Å². The molecular formula is C19H16Cl4N4O4S. The Kier molecular flexibility index (Phi) is 10.3. The van der Waals surface area contributed by atoms with E-state index in [4.69, 9.17) is 63.4 Å². The van der Waals surface area contributed by atoms with E-state index in [1.807, 2.05) is 0 Å². The Balaban J connectivity index is 1.65. The van der Waals surface area contributed by atoms with Gasteiger partial charge in [0.15, 0.2) is 11.7 Å². The van der Waals surface area contributed by atoms with Crippen molar-refractivity contribution >= 4 is 87.1 Å². The van der Waals surface area contributed by atoms with Gasteiger partial charge in [0, 0.05) is 22.9 Å². The van der Waals surface area contributed by atoms with Crippen molar-refractivity contribution in [1.82, 2.24) is 16.2 Å². The Morgan fingerprint density at radius 1 is 0.812 bits per heavy atom. The second kappa shape index (κ2) is 12.7. The lowest BCUT2D eigenvalue weighted by molar-refractivity contribution is -0.125. The van der Waals surface area contributed by atoms with Gasteiger partial charge in [-0.3, -0.25) is 30.6 Å². The van der Waals surface area contributed by atoms with Gasteiger partial charge in [0.25, 0.3) is 5.91 Å². The summed E-state index contributed by atoms with van der Waals surface area (Å²) in [5, 5.41) is 6.12. The minimum atomic E-state index is -0.581. The number of nitrogens with one attached hydrogen (secondary N) is 4. The average molecular weight is 538 g/mol. The first-order chi connectivity index (χ1) is 15.1. The van der Waals surface area contributed by atoms with Crippen LogP contribution in [0.1, 0.15) is 12.8 Å². The Morgan fingerprint density at radius 2 is 1.44 bits per heavy atom. The number of amides is 3. The molecule has 0 radical (unpaired) electrons. The van der Waals surface area contributed by atoms with E-state index in [0.29, 0.717) is 15.7 Å². The number of carbonyl (C=O) groups excluding carboxylic acids is 3. The van der Waals surface area contributed by atoms with Gasteiger partial charge in [0.1, 0.15) is 5.75 Å². The molecular weight excluding hydrogens is 522 g/mol. The van der Waals surface area contributed by atoms with E-state index in [1.165, 1.54) is 18.2 Å². The normalized spacial score (nSPS) is 10.1. The number of halogens is 4. The molecule has 170 valence electrons. The van der Waals surface area contributed by atoms with Crippen LogP contribution in [0.3, 0.4) is 0 Å². The molecule has 0 bridgehead atoms. The first-order valence-electron chi connectivity index (χ1n) is 8.85. The van der Waals surface area contributed by atoms with Crippen LogP contribution < -0.4 is 26.2 Å². The number of rotatable bonds is 7. The van der Waals surface area contributed by atoms with Crippen LogP contribution in [0, 0.1) is 0 Å². The summed E-state index contributed by atoms with van der Waals surface area (Å²) in [6.45, 7) is -0.370. The zero-order chi connectivity index (χ0) is 23.7. The first-order valence-corrected chi connectivity index (χ1v) is 10.8. The lowest BCUT2D eigenvalue weighted by Gasteiger charge is -2.12. The maximum absolute atomic E-state index is 12.0. The second-order valence-corrected chi connectivity index (χ2v) is 8.18. The van der Waals surface area contributed by atoms with E-state index >= 15 is 0 Å². The van der Waals surface area contributed by atoms with Crippen molar-refractivity contribution < 1.29 is 19.1 Å². The van der Waals surface area contributed by atoms with E-state index in [1.54, 1.807) is 18.2 Å². The predicted molar refractivity (Wildman–Crippen MR) is 128 cm³/mol. The molecule has 2 aromatic rings. The third kappa shape index (κ3) is 9.05. The molecule has 13 heteroatoms. The lowest BCUT2D eigenvalue weighted by atomic mass is 10.2. The van der Waals surface area contributed by atoms with Crippen molar-refractivity contribution in [2.24, 2.45) is 0 Å². The molecule has 0 unspecified atom stereocenters. The second-order valence-electron chi connectivity index (χ2n) is 6.09. The maximum Gasteiger partial charge on any atom is 0.264 e. The number of benzene rings is 2. The van der Waals surface area contributed by atoms with E-state index in [9.17, 15) is 14.4 Å². The standard InChI is InChI=1S/C19H16Cl4N4O4S/c20-10-1-3-14(12(22)7-10)24-16(28)5-6-17(29)26-27-19(32)25-18(30)9-31-15-4-2-11(21)8-13(15)23/h1-4,7-8H,5-6,9H2,(H,24,28)(H,26,29)(H2,25,27,30,32). The van der Waals surface area contributed by atoms with Crippen LogP contribution in [0.25, 0.3) is 0 Å². The molecule has 0 fully saturated rings. The molecule has 0 aliphatic heterocycles. The summed E-state index contributed by atoms with van der Waals surface area (Å²) >= 11 is 28.4. The molecule has 2 rings (SSSR count). The molecule has 0 atom stereocenters. The quantitative estimate of drug-likeness (QED) is 0.312. The highest BCUT2D eigenvalue weighted by Crippen LogP contribution is 2.27. The van der Waals surface area contributed by atoms with Gasteiger partial charge in [-0.2, -0.15) is 0 Å². The van der Waals surface area contributed by atoms with Gasteiger partial charge >= 0.3 is 0 Å². The van der Waals surface area contributed by atoms with Gasteiger partial charge in [-0.25, -0.2) is 0 Å². The molecule has 0 saturated carbocycles. The third-order valence-corrected chi connectivity index (χ3v) is 4.89. The molecule has 3 amide bonds. The number of anilines is 1. The largest absolute Gasteiger partial charge is 0.482 e. The summed E-state index contributed by atoms with van der Waals surface area (Å²) in [7, 11) is 0. The molecule has 32 heavy (non-hydrogen) atoms. The van der Waals surface area contributed by atoms with Crippen LogP contribution in [0.2, 0.25) is 20.1 Å². The minimum absolute atomic E-state index is 0.110. The number of hydrazine groups is 1. The minimum Gasteiger partial charge on any atom is -0.482 e. The van der Waals surface area contributed by atoms with Gasteiger partial charge in [-0.15, -0.1) is 0 Å². The molecule has 0 aliphatic carbocycles. The predicted octanol–water partition coefficient (Wildman–Crippen LogP) is 4.12. The number of carbonyl (C=O) groups is 3.